The highest BCUT2D eigenvalue weighted by atomic mass is 35.5. The summed E-state index contributed by atoms with van der Waals surface area (Å²) in [5.74, 6) is -4.57. The van der Waals surface area contributed by atoms with Crippen LogP contribution >= 0.6 is 11.6 Å². The molecule has 12 heteroatoms. The van der Waals surface area contributed by atoms with Crippen LogP contribution < -0.4 is 10.2 Å². The zero-order valence-corrected chi connectivity index (χ0v) is 15.6. The zero-order chi connectivity index (χ0) is 21.6. The molecule has 2 aliphatic rings. The van der Waals surface area contributed by atoms with Gasteiger partial charge in [0.15, 0.2) is 12.1 Å². The fourth-order valence-corrected chi connectivity index (χ4v) is 3.34. The van der Waals surface area contributed by atoms with Crippen LogP contribution in [-0.4, -0.2) is 41.4 Å². The van der Waals surface area contributed by atoms with Crippen molar-refractivity contribution in [1.82, 2.24) is 5.01 Å². The van der Waals surface area contributed by atoms with E-state index in [4.69, 9.17) is 11.6 Å². The van der Waals surface area contributed by atoms with E-state index in [0.717, 1.165) is 40.2 Å². The van der Waals surface area contributed by atoms with Crippen LogP contribution in [0.5, 0.6) is 0 Å². The Labute approximate surface area is 171 Å². The van der Waals surface area contributed by atoms with Gasteiger partial charge in [-0.1, -0.05) is 16.8 Å². The van der Waals surface area contributed by atoms with Crippen LogP contribution in [0.25, 0.3) is 0 Å². The molecule has 0 spiro atoms. The molecule has 2 aromatic carbocycles. The number of fused-ring (bicyclic) bond motifs is 1. The first-order valence-electron chi connectivity index (χ1n) is 8.51. The van der Waals surface area contributed by atoms with Gasteiger partial charge in [0.1, 0.15) is 24.0 Å². The maximum Gasteiger partial charge on any atom is 0.263 e. The predicted octanol–water partition coefficient (Wildman–Crippen LogP) is 2.69. The molecule has 1 N–H and O–H groups in total. The van der Waals surface area contributed by atoms with Crippen LogP contribution in [0, 0.1) is 17.5 Å². The molecule has 1 fully saturated rings. The van der Waals surface area contributed by atoms with E-state index in [2.05, 4.69) is 15.7 Å². The maximum absolute atomic E-state index is 13.7. The SMILES string of the molecule is O=C(CN1N=NC2C(=O)N(c3ccc(F)c(Cl)c3)C(=O)C21)Nc1cc(F)ccc1F. The fourth-order valence-electron chi connectivity index (χ4n) is 3.16. The molecule has 0 aromatic heterocycles. The number of anilines is 2. The molecular weight excluding hydrogens is 427 g/mol. The average Bonchev–Trinajstić information content (AvgIpc) is 3.21. The fraction of sp³-hybridized carbons (Fsp3) is 0.167. The molecule has 3 amide bonds. The number of halogens is 4. The Morgan fingerprint density at radius 1 is 1.07 bits per heavy atom. The van der Waals surface area contributed by atoms with Crippen LogP contribution in [0.3, 0.4) is 0 Å². The molecule has 2 atom stereocenters. The minimum Gasteiger partial charge on any atom is -0.322 e. The van der Waals surface area contributed by atoms with E-state index < -0.39 is 53.8 Å². The minimum atomic E-state index is -1.20. The van der Waals surface area contributed by atoms with Gasteiger partial charge in [-0.05, 0) is 30.3 Å². The summed E-state index contributed by atoms with van der Waals surface area (Å²) < 4.78 is 40.3. The summed E-state index contributed by atoms with van der Waals surface area (Å²) in [7, 11) is 0. The van der Waals surface area contributed by atoms with E-state index in [1.54, 1.807) is 0 Å². The molecule has 0 aliphatic carbocycles. The summed E-state index contributed by atoms with van der Waals surface area (Å²) >= 11 is 5.72. The molecule has 0 bridgehead atoms. The first-order valence-corrected chi connectivity index (χ1v) is 8.89. The van der Waals surface area contributed by atoms with Crippen LogP contribution in [0.4, 0.5) is 24.5 Å². The predicted molar refractivity (Wildman–Crippen MR) is 98.0 cm³/mol. The second-order valence-corrected chi connectivity index (χ2v) is 6.88. The quantitative estimate of drug-likeness (QED) is 0.744. The molecule has 0 radical (unpaired) electrons. The summed E-state index contributed by atoms with van der Waals surface area (Å²) in [6.45, 7) is -0.544. The number of nitrogens with one attached hydrogen (secondary N) is 1. The monoisotopic (exact) mass is 437 g/mol. The molecular formula is C18H11ClF3N5O3. The summed E-state index contributed by atoms with van der Waals surface area (Å²) in [5.41, 5.74) is -0.337. The molecule has 2 unspecified atom stereocenters. The Bertz CT molecular complexity index is 1110. The summed E-state index contributed by atoms with van der Waals surface area (Å²) in [6, 6.07) is 3.47. The molecule has 154 valence electrons. The minimum absolute atomic E-state index is 0.0484. The number of nitrogens with zero attached hydrogens (tertiary/aromatic N) is 4. The van der Waals surface area contributed by atoms with E-state index in [9.17, 15) is 27.6 Å². The third kappa shape index (κ3) is 3.36. The van der Waals surface area contributed by atoms with Crippen molar-refractivity contribution in [2.24, 2.45) is 10.3 Å². The van der Waals surface area contributed by atoms with Gasteiger partial charge in [-0.3, -0.25) is 19.4 Å². The van der Waals surface area contributed by atoms with Crippen molar-refractivity contribution >= 4 is 40.7 Å². The number of rotatable bonds is 4. The number of hydrogen-bond acceptors (Lipinski definition) is 6. The second kappa shape index (κ2) is 7.41. The van der Waals surface area contributed by atoms with Crippen LogP contribution in [0.1, 0.15) is 0 Å². The van der Waals surface area contributed by atoms with Gasteiger partial charge in [-0.2, -0.15) is 5.11 Å². The lowest BCUT2D eigenvalue weighted by Gasteiger charge is -2.20. The highest BCUT2D eigenvalue weighted by Gasteiger charge is 2.55. The van der Waals surface area contributed by atoms with Crippen LogP contribution in [0.15, 0.2) is 46.7 Å². The van der Waals surface area contributed by atoms with Crippen molar-refractivity contribution < 1.29 is 27.6 Å². The lowest BCUT2D eigenvalue weighted by atomic mass is 10.1. The Kier molecular flexibility index (Phi) is 4.90. The smallest absolute Gasteiger partial charge is 0.263 e. The molecule has 0 saturated carbocycles. The molecule has 8 nitrogen and oxygen atoms in total. The Morgan fingerprint density at radius 2 is 1.80 bits per heavy atom. The van der Waals surface area contributed by atoms with E-state index in [1.807, 2.05) is 0 Å². The first kappa shape index (κ1) is 19.8. The second-order valence-electron chi connectivity index (χ2n) is 6.47. The normalized spacial score (nSPS) is 20.1. The average molecular weight is 438 g/mol. The Balaban J connectivity index is 1.51. The molecule has 4 rings (SSSR count). The standard InChI is InChI=1S/C18H11ClF3N5O3/c19-10-6-9(2-4-11(10)21)27-17(29)15-16(18(27)30)26(25-24-15)7-14(28)23-13-5-8(20)1-3-12(13)22/h1-6,15-16H,7H2,(H,23,28). The van der Waals surface area contributed by atoms with E-state index in [0.29, 0.717) is 0 Å². The number of carbonyl (C=O) groups is 3. The summed E-state index contributed by atoms with van der Waals surface area (Å²) in [5, 5.41) is 10.3. The third-order valence-corrected chi connectivity index (χ3v) is 4.82. The molecule has 2 aromatic rings. The lowest BCUT2D eigenvalue weighted by molar-refractivity contribution is -0.123. The largest absolute Gasteiger partial charge is 0.322 e. The van der Waals surface area contributed by atoms with Crippen molar-refractivity contribution in [1.29, 1.82) is 0 Å². The van der Waals surface area contributed by atoms with Gasteiger partial charge >= 0.3 is 0 Å². The van der Waals surface area contributed by atoms with Gasteiger partial charge in [0.2, 0.25) is 5.91 Å². The molecule has 30 heavy (non-hydrogen) atoms. The molecule has 2 aliphatic heterocycles. The van der Waals surface area contributed by atoms with E-state index in [-0.39, 0.29) is 16.4 Å². The topological polar surface area (TPSA) is 94.4 Å². The van der Waals surface area contributed by atoms with Crippen molar-refractivity contribution in [2.45, 2.75) is 12.1 Å². The zero-order valence-electron chi connectivity index (χ0n) is 14.9. The van der Waals surface area contributed by atoms with Crippen molar-refractivity contribution in [2.75, 3.05) is 16.8 Å². The Morgan fingerprint density at radius 3 is 2.53 bits per heavy atom. The van der Waals surface area contributed by atoms with Crippen LogP contribution in [-0.2, 0) is 14.4 Å². The summed E-state index contributed by atoms with van der Waals surface area (Å²) in [6.07, 6.45) is 0. The van der Waals surface area contributed by atoms with E-state index >= 15 is 0 Å². The van der Waals surface area contributed by atoms with Crippen LogP contribution in [0.2, 0.25) is 5.02 Å². The van der Waals surface area contributed by atoms with Gasteiger partial charge in [-0.15, -0.1) is 0 Å². The number of imide groups is 1. The molecule has 2 heterocycles. The number of carbonyl (C=O) groups excluding carboxylic acids is 3. The number of amides is 3. The number of benzene rings is 2. The third-order valence-electron chi connectivity index (χ3n) is 4.53. The maximum atomic E-state index is 13.7. The first-order chi connectivity index (χ1) is 14.3. The van der Waals surface area contributed by atoms with Crippen molar-refractivity contribution in [3.8, 4) is 0 Å². The van der Waals surface area contributed by atoms with E-state index in [1.165, 1.54) is 6.07 Å². The summed E-state index contributed by atoms with van der Waals surface area (Å²) in [4.78, 5) is 38.4. The van der Waals surface area contributed by atoms with Crippen molar-refractivity contribution in [3.05, 3.63) is 58.9 Å². The van der Waals surface area contributed by atoms with Gasteiger partial charge < -0.3 is 5.32 Å². The highest BCUT2D eigenvalue weighted by Crippen LogP contribution is 2.33. The number of hydrogen-bond donors (Lipinski definition) is 1. The van der Waals surface area contributed by atoms with Gasteiger partial charge in [0.05, 0.1) is 16.4 Å². The van der Waals surface area contributed by atoms with Gasteiger partial charge in [-0.25, -0.2) is 18.1 Å². The molecule has 1 saturated heterocycles. The van der Waals surface area contributed by atoms with Crippen molar-refractivity contribution in [3.63, 3.8) is 0 Å². The van der Waals surface area contributed by atoms with Gasteiger partial charge in [0, 0.05) is 6.07 Å². The Hall–Kier alpha value is -3.47. The lowest BCUT2D eigenvalue weighted by Crippen LogP contribution is -2.43. The van der Waals surface area contributed by atoms with Gasteiger partial charge in [0.25, 0.3) is 11.8 Å². The highest BCUT2D eigenvalue weighted by molar-refractivity contribution is 6.32.